The number of halogens is 1. The largest absolute Gasteiger partial charge is 0.338 e. The second kappa shape index (κ2) is 5.43. The molecule has 1 amide bonds. The molecular weight excluding hydrogens is 290 g/mol. The maximum atomic E-state index is 12.6. The lowest BCUT2D eigenvalue weighted by Crippen LogP contribution is -2.30. The highest BCUT2D eigenvalue weighted by Crippen LogP contribution is 2.23. The molecule has 1 aliphatic rings. The van der Waals surface area contributed by atoms with Crippen molar-refractivity contribution in [2.45, 2.75) is 27.2 Å². The molecule has 18 heavy (non-hydrogen) atoms. The van der Waals surface area contributed by atoms with Gasteiger partial charge in [0.05, 0.1) is 0 Å². The Labute approximate surface area is 117 Å². The third-order valence-electron chi connectivity index (χ3n) is 3.68. The van der Waals surface area contributed by atoms with E-state index in [2.05, 4.69) is 35.0 Å². The average Bonchev–Trinajstić information content (AvgIpc) is 2.75. The maximum Gasteiger partial charge on any atom is 0.254 e. The lowest BCUT2D eigenvalue weighted by molar-refractivity contribution is 0.0787. The van der Waals surface area contributed by atoms with Crippen molar-refractivity contribution in [2.75, 3.05) is 18.4 Å². The lowest BCUT2D eigenvalue weighted by Gasteiger charge is -2.19. The number of likely N-dealkylation sites (tertiary alicyclic amines) is 1. The van der Waals surface area contributed by atoms with Gasteiger partial charge in [-0.3, -0.25) is 4.79 Å². The van der Waals surface area contributed by atoms with E-state index in [1.165, 1.54) is 5.56 Å². The number of carbonyl (C=O) groups is 1. The third kappa shape index (κ3) is 2.61. The molecule has 1 aliphatic heterocycles. The number of hydrogen-bond donors (Lipinski definition) is 0. The number of rotatable bonds is 2. The van der Waals surface area contributed by atoms with Crippen LogP contribution in [0.1, 0.15) is 33.5 Å². The molecule has 1 atom stereocenters. The van der Waals surface area contributed by atoms with Gasteiger partial charge in [-0.25, -0.2) is 0 Å². The van der Waals surface area contributed by atoms with Crippen LogP contribution in [0.25, 0.3) is 0 Å². The first-order valence-corrected chi connectivity index (χ1v) is 7.58. The zero-order valence-corrected chi connectivity index (χ0v) is 12.9. The summed E-state index contributed by atoms with van der Waals surface area (Å²) in [5, 5.41) is 0.989. The summed E-state index contributed by atoms with van der Waals surface area (Å²) in [5.74, 6) is 0.813. The number of nitrogens with zero attached hydrogens (tertiary/aromatic N) is 1. The normalized spacial score (nSPS) is 19.3. The van der Waals surface area contributed by atoms with Gasteiger partial charge in [0.2, 0.25) is 0 Å². The molecule has 2 nitrogen and oxygen atoms in total. The number of amides is 1. The van der Waals surface area contributed by atoms with E-state index >= 15 is 0 Å². The van der Waals surface area contributed by atoms with E-state index in [9.17, 15) is 4.79 Å². The Balaban J connectivity index is 2.25. The fourth-order valence-corrected chi connectivity index (χ4v) is 3.35. The molecule has 1 heterocycles. The number of hydrogen-bond acceptors (Lipinski definition) is 1. The van der Waals surface area contributed by atoms with Gasteiger partial charge in [-0.15, -0.1) is 0 Å². The quantitative estimate of drug-likeness (QED) is 0.766. The zero-order valence-electron chi connectivity index (χ0n) is 11.3. The van der Waals surface area contributed by atoms with Crippen LogP contribution in [0, 0.1) is 26.7 Å². The summed E-state index contributed by atoms with van der Waals surface area (Å²) in [6, 6.07) is 4.19. The highest BCUT2D eigenvalue weighted by Gasteiger charge is 2.27. The minimum absolute atomic E-state index is 0.202. The van der Waals surface area contributed by atoms with Crippen LogP contribution >= 0.6 is 15.9 Å². The predicted octanol–water partition coefficient (Wildman–Crippen LogP) is 3.47. The molecular formula is C15H20BrNO. The second-order valence-electron chi connectivity index (χ2n) is 5.33. The Morgan fingerprint density at radius 1 is 1.33 bits per heavy atom. The van der Waals surface area contributed by atoms with E-state index in [4.69, 9.17) is 0 Å². The molecule has 1 aromatic carbocycles. The first kappa shape index (κ1) is 13.6. The Hall–Kier alpha value is -0.830. The molecule has 98 valence electrons. The SMILES string of the molecule is Cc1cc(C)c(C(=O)N2CCC(CBr)C2)c(C)c1. The van der Waals surface area contributed by atoms with Crippen LogP contribution in [0.2, 0.25) is 0 Å². The van der Waals surface area contributed by atoms with Gasteiger partial charge in [0.15, 0.2) is 0 Å². The van der Waals surface area contributed by atoms with Gasteiger partial charge in [0.25, 0.3) is 5.91 Å². The molecule has 3 heteroatoms. The van der Waals surface area contributed by atoms with Crippen LogP contribution in [-0.4, -0.2) is 29.2 Å². The fraction of sp³-hybridized carbons (Fsp3) is 0.533. The monoisotopic (exact) mass is 309 g/mol. The van der Waals surface area contributed by atoms with E-state index < -0.39 is 0 Å². The first-order chi connectivity index (χ1) is 8.52. The molecule has 2 rings (SSSR count). The standard InChI is InChI=1S/C15H20BrNO/c1-10-6-11(2)14(12(3)7-10)15(18)17-5-4-13(8-16)9-17/h6-7,13H,4-5,8-9H2,1-3H3. The average molecular weight is 310 g/mol. The summed E-state index contributed by atoms with van der Waals surface area (Å²) < 4.78 is 0. The van der Waals surface area contributed by atoms with Crippen LogP contribution in [0.4, 0.5) is 0 Å². The Kier molecular flexibility index (Phi) is 4.10. The van der Waals surface area contributed by atoms with Crippen molar-refractivity contribution in [1.82, 2.24) is 4.90 Å². The van der Waals surface area contributed by atoms with Crippen molar-refractivity contribution in [3.63, 3.8) is 0 Å². The molecule has 0 spiro atoms. The van der Waals surface area contributed by atoms with E-state index in [1.807, 2.05) is 18.7 Å². The van der Waals surface area contributed by atoms with Gasteiger partial charge < -0.3 is 4.90 Å². The van der Waals surface area contributed by atoms with E-state index in [1.54, 1.807) is 0 Å². The molecule has 0 N–H and O–H groups in total. The van der Waals surface area contributed by atoms with Crippen LogP contribution in [-0.2, 0) is 0 Å². The summed E-state index contributed by atoms with van der Waals surface area (Å²) in [6.45, 7) is 7.92. The predicted molar refractivity (Wildman–Crippen MR) is 78.5 cm³/mol. The van der Waals surface area contributed by atoms with E-state index in [-0.39, 0.29) is 5.91 Å². The number of alkyl halides is 1. The second-order valence-corrected chi connectivity index (χ2v) is 5.98. The molecule has 1 aromatic rings. The van der Waals surface area contributed by atoms with Crippen molar-refractivity contribution >= 4 is 21.8 Å². The van der Waals surface area contributed by atoms with Crippen molar-refractivity contribution < 1.29 is 4.79 Å². The van der Waals surface area contributed by atoms with Crippen molar-refractivity contribution in [2.24, 2.45) is 5.92 Å². The number of benzene rings is 1. The summed E-state index contributed by atoms with van der Waals surface area (Å²) in [4.78, 5) is 14.6. The van der Waals surface area contributed by atoms with Crippen LogP contribution in [0.3, 0.4) is 0 Å². The molecule has 0 saturated carbocycles. The summed E-state index contributed by atoms with van der Waals surface area (Å²) in [6.07, 6.45) is 1.11. The van der Waals surface area contributed by atoms with Crippen LogP contribution in [0.15, 0.2) is 12.1 Å². The Morgan fingerprint density at radius 3 is 2.44 bits per heavy atom. The van der Waals surface area contributed by atoms with E-state index in [0.29, 0.717) is 5.92 Å². The molecule has 0 radical (unpaired) electrons. The maximum absolute atomic E-state index is 12.6. The number of aryl methyl sites for hydroxylation is 3. The summed E-state index contributed by atoms with van der Waals surface area (Å²) >= 11 is 3.51. The Morgan fingerprint density at radius 2 is 1.94 bits per heavy atom. The van der Waals surface area contributed by atoms with Crippen molar-refractivity contribution in [3.05, 3.63) is 34.4 Å². The van der Waals surface area contributed by atoms with Crippen molar-refractivity contribution in [1.29, 1.82) is 0 Å². The third-order valence-corrected chi connectivity index (χ3v) is 4.60. The van der Waals surface area contributed by atoms with Gasteiger partial charge >= 0.3 is 0 Å². The minimum atomic E-state index is 0.202. The highest BCUT2D eigenvalue weighted by molar-refractivity contribution is 9.09. The topological polar surface area (TPSA) is 20.3 Å². The van der Waals surface area contributed by atoms with Crippen molar-refractivity contribution in [3.8, 4) is 0 Å². The van der Waals surface area contributed by atoms with Gasteiger partial charge in [-0.1, -0.05) is 33.6 Å². The van der Waals surface area contributed by atoms with Crippen LogP contribution in [0.5, 0.6) is 0 Å². The summed E-state index contributed by atoms with van der Waals surface area (Å²) in [7, 11) is 0. The first-order valence-electron chi connectivity index (χ1n) is 6.46. The highest BCUT2D eigenvalue weighted by atomic mass is 79.9. The van der Waals surface area contributed by atoms with Gasteiger partial charge in [0, 0.05) is 24.0 Å². The fourth-order valence-electron chi connectivity index (χ4n) is 2.82. The zero-order chi connectivity index (χ0) is 13.3. The summed E-state index contributed by atoms with van der Waals surface area (Å²) in [5.41, 5.74) is 4.32. The van der Waals surface area contributed by atoms with Gasteiger partial charge in [0.1, 0.15) is 0 Å². The Bertz CT molecular complexity index is 447. The molecule has 0 aromatic heterocycles. The molecule has 0 aliphatic carbocycles. The number of carbonyl (C=O) groups excluding carboxylic acids is 1. The lowest BCUT2D eigenvalue weighted by atomic mass is 9.99. The minimum Gasteiger partial charge on any atom is -0.338 e. The van der Waals surface area contributed by atoms with E-state index in [0.717, 1.165) is 41.5 Å². The molecule has 1 saturated heterocycles. The van der Waals surface area contributed by atoms with Gasteiger partial charge in [-0.2, -0.15) is 0 Å². The molecule has 1 fully saturated rings. The molecule has 1 unspecified atom stereocenters. The van der Waals surface area contributed by atoms with Gasteiger partial charge in [-0.05, 0) is 44.2 Å². The molecule has 0 bridgehead atoms. The smallest absolute Gasteiger partial charge is 0.254 e. The van der Waals surface area contributed by atoms with Crippen LogP contribution < -0.4 is 0 Å².